The number of carbonyl (C=O) groups excluding carboxylic acids is 2. The first kappa shape index (κ1) is 17.8. The molecule has 2 saturated heterocycles. The van der Waals surface area contributed by atoms with Gasteiger partial charge >= 0.3 is 0 Å². The number of thiophene rings is 1. The van der Waals surface area contributed by atoms with Crippen LogP contribution in [0.25, 0.3) is 10.2 Å². The summed E-state index contributed by atoms with van der Waals surface area (Å²) in [5.74, 6) is 0.0748. The molecule has 7 heteroatoms. The van der Waals surface area contributed by atoms with Gasteiger partial charge in [0.1, 0.15) is 11.0 Å². The summed E-state index contributed by atoms with van der Waals surface area (Å²) in [7, 11) is 0. The molecule has 4 heterocycles. The highest BCUT2D eigenvalue weighted by atomic mass is 32.1. The van der Waals surface area contributed by atoms with Gasteiger partial charge in [0.25, 0.3) is 5.91 Å². The van der Waals surface area contributed by atoms with Crippen LogP contribution < -0.4 is 0 Å². The Balaban J connectivity index is 1.39. The largest absolute Gasteiger partial charge is 0.331 e. The lowest BCUT2D eigenvalue weighted by Crippen LogP contribution is -2.47. The van der Waals surface area contributed by atoms with Crippen LogP contribution in [0, 0.1) is 0 Å². The molecule has 1 aromatic carbocycles. The SMILES string of the molecule is O=C([C@@H]1CCCN1C(=O)c1cccs1)N1CCCC1c1nc2ccccc2s1. The van der Waals surface area contributed by atoms with Crippen LogP contribution in [0.15, 0.2) is 41.8 Å². The maximum Gasteiger partial charge on any atom is 0.264 e. The van der Waals surface area contributed by atoms with Crippen molar-refractivity contribution in [2.75, 3.05) is 13.1 Å². The molecule has 5 rings (SSSR count). The Hall–Kier alpha value is -2.25. The minimum absolute atomic E-state index is 0.0124. The molecule has 28 heavy (non-hydrogen) atoms. The lowest BCUT2D eigenvalue weighted by Gasteiger charge is -2.30. The summed E-state index contributed by atoms with van der Waals surface area (Å²) in [6.07, 6.45) is 3.56. The minimum Gasteiger partial charge on any atom is -0.331 e. The number of likely N-dealkylation sites (tertiary alicyclic amines) is 2. The maximum atomic E-state index is 13.4. The monoisotopic (exact) mass is 411 g/mol. The number of benzene rings is 1. The first-order valence-electron chi connectivity index (χ1n) is 9.73. The number of para-hydroxylation sites is 1. The first-order chi connectivity index (χ1) is 13.7. The fraction of sp³-hybridized carbons (Fsp3) is 0.381. The highest BCUT2D eigenvalue weighted by Crippen LogP contribution is 2.38. The molecular formula is C21H21N3O2S2. The van der Waals surface area contributed by atoms with Crippen LogP contribution in [0.3, 0.4) is 0 Å². The molecule has 144 valence electrons. The van der Waals surface area contributed by atoms with Crippen LogP contribution in [-0.4, -0.2) is 45.7 Å². The van der Waals surface area contributed by atoms with Gasteiger partial charge in [0, 0.05) is 13.1 Å². The maximum absolute atomic E-state index is 13.4. The van der Waals surface area contributed by atoms with Crippen molar-refractivity contribution in [3.8, 4) is 0 Å². The second-order valence-corrected chi connectivity index (χ2v) is 9.35. The number of hydrogen-bond donors (Lipinski definition) is 0. The number of nitrogens with zero attached hydrogens (tertiary/aromatic N) is 3. The van der Waals surface area contributed by atoms with Crippen molar-refractivity contribution >= 4 is 44.7 Å². The summed E-state index contributed by atoms with van der Waals surface area (Å²) in [6.45, 7) is 1.41. The molecule has 0 radical (unpaired) electrons. The molecule has 2 atom stereocenters. The van der Waals surface area contributed by atoms with Gasteiger partial charge < -0.3 is 9.80 Å². The van der Waals surface area contributed by atoms with Crippen molar-refractivity contribution in [1.29, 1.82) is 0 Å². The van der Waals surface area contributed by atoms with E-state index in [9.17, 15) is 9.59 Å². The second kappa shape index (κ2) is 7.29. The molecule has 2 aliphatic rings. The average molecular weight is 412 g/mol. The van der Waals surface area contributed by atoms with E-state index in [1.54, 1.807) is 16.2 Å². The van der Waals surface area contributed by atoms with Crippen LogP contribution in [-0.2, 0) is 4.79 Å². The molecule has 0 saturated carbocycles. The van der Waals surface area contributed by atoms with Crippen molar-refractivity contribution in [2.24, 2.45) is 0 Å². The molecular weight excluding hydrogens is 390 g/mol. The first-order valence-corrected chi connectivity index (χ1v) is 11.4. The fourth-order valence-corrected chi connectivity index (χ4v) is 6.11. The molecule has 2 aliphatic heterocycles. The van der Waals surface area contributed by atoms with Crippen LogP contribution in [0.5, 0.6) is 0 Å². The van der Waals surface area contributed by atoms with Crippen molar-refractivity contribution in [1.82, 2.24) is 14.8 Å². The Morgan fingerprint density at radius 3 is 2.64 bits per heavy atom. The number of amides is 2. The topological polar surface area (TPSA) is 53.5 Å². The Morgan fingerprint density at radius 1 is 1.00 bits per heavy atom. The summed E-state index contributed by atoms with van der Waals surface area (Å²) in [4.78, 5) is 35.6. The van der Waals surface area contributed by atoms with E-state index in [4.69, 9.17) is 4.98 Å². The van der Waals surface area contributed by atoms with Gasteiger partial charge in [-0.25, -0.2) is 4.98 Å². The summed E-state index contributed by atoms with van der Waals surface area (Å²) in [6, 6.07) is 11.5. The zero-order chi connectivity index (χ0) is 19.1. The molecule has 0 aliphatic carbocycles. The predicted molar refractivity (Wildman–Crippen MR) is 112 cm³/mol. The summed E-state index contributed by atoms with van der Waals surface area (Å²) in [5, 5.41) is 2.92. The summed E-state index contributed by atoms with van der Waals surface area (Å²) in [5.41, 5.74) is 0.997. The third-order valence-corrected chi connectivity index (χ3v) is 7.66. The van der Waals surface area contributed by atoms with Crippen LogP contribution in [0.2, 0.25) is 0 Å². The number of aromatic nitrogens is 1. The van der Waals surface area contributed by atoms with Gasteiger partial charge in [0.2, 0.25) is 5.91 Å². The Kier molecular flexibility index (Phi) is 4.64. The molecule has 0 bridgehead atoms. The molecule has 2 aromatic heterocycles. The van der Waals surface area contributed by atoms with E-state index in [1.165, 1.54) is 11.3 Å². The average Bonchev–Trinajstić information content (AvgIpc) is 3.51. The van der Waals surface area contributed by atoms with Gasteiger partial charge in [-0.1, -0.05) is 18.2 Å². The van der Waals surface area contributed by atoms with Crippen molar-refractivity contribution in [3.63, 3.8) is 0 Å². The Morgan fingerprint density at radius 2 is 1.82 bits per heavy atom. The van der Waals surface area contributed by atoms with Crippen LogP contribution >= 0.6 is 22.7 Å². The number of rotatable bonds is 3. The van der Waals surface area contributed by atoms with Gasteiger partial charge in [0.15, 0.2) is 0 Å². The molecule has 2 amide bonds. The third-order valence-electron chi connectivity index (χ3n) is 5.66. The normalized spacial score (nSPS) is 22.3. The number of thiazole rings is 1. The van der Waals surface area contributed by atoms with Crippen molar-refractivity contribution < 1.29 is 9.59 Å². The smallest absolute Gasteiger partial charge is 0.264 e. The van der Waals surface area contributed by atoms with Crippen molar-refractivity contribution in [3.05, 3.63) is 51.7 Å². The quantitative estimate of drug-likeness (QED) is 0.645. The molecule has 0 N–H and O–H groups in total. The van der Waals surface area contributed by atoms with Gasteiger partial charge in [-0.15, -0.1) is 22.7 Å². The van der Waals surface area contributed by atoms with Crippen LogP contribution in [0.4, 0.5) is 0 Å². The Labute approximate surface area is 171 Å². The molecule has 5 nitrogen and oxygen atoms in total. The van der Waals surface area contributed by atoms with Gasteiger partial charge in [-0.2, -0.15) is 0 Å². The van der Waals surface area contributed by atoms with E-state index in [2.05, 4.69) is 6.07 Å². The van der Waals surface area contributed by atoms with Gasteiger partial charge in [-0.3, -0.25) is 9.59 Å². The molecule has 0 spiro atoms. The highest BCUT2D eigenvalue weighted by Gasteiger charge is 2.41. The van der Waals surface area contributed by atoms with E-state index >= 15 is 0 Å². The minimum atomic E-state index is -0.343. The fourth-order valence-electron chi connectivity index (χ4n) is 4.32. The van der Waals surface area contributed by atoms with E-state index in [-0.39, 0.29) is 23.9 Å². The summed E-state index contributed by atoms with van der Waals surface area (Å²) >= 11 is 3.12. The zero-order valence-corrected chi connectivity index (χ0v) is 17.0. The summed E-state index contributed by atoms with van der Waals surface area (Å²) < 4.78 is 1.16. The Bertz CT molecular complexity index is 981. The van der Waals surface area contributed by atoms with E-state index in [0.29, 0.717) is 11.4 Å². The molecule has 1 unspecified atom stereocenters. The van der Waals surface area contributed by atoms with E-state index < -0.39 is 0 Å². The lowest BCUT2D eigenvalue weighted by atomic mass is 10.1. The number of carbonyl (C=O) groups is 2. The van der Waals surface area contributed by atoms with E-state index in [0.717, 1.165) is 47.5 Å². The van der Waals surface area contributed by atoms with E-state index in [1.807, 2.05) is 40.6 Å². The lowest BCUT2D eigenvalue weighted by molar-refractivity contribution is -0.136. The van der Waals surface area contributed by atoms with Gasteiger partial charge in [0.05, 0.1) is 21.1 Å². The van der Waals surface area contributed by atoms with Crippen LogP contribution in [0.1, 0.15) is 46.4 Å². The molecule has 2 fully saturated rings. The number of hydrogen-bond acceptors (Lipinski definition) is 5. The predicted octanol–water partition coefficient (Wildman–Crippen LogP) is 4.33. The second-order valence-electron chi connectivity index (χ2n) is 7.34. The zero-order valence-electron chi connectivity index (χ0n) is 15.4. The number of fused-ring (bicyclic) bond motifs is 1. The molecule has 3 aromatic rings. The third kappa shape index (κ3) is 3.02. The van der Waals surface area contributed by atoms with Gasteiger partial charge in [-0.05, 0) is 49.3 Å². The van der Waals surface area contributed by atoms with Crippen molar-refractivity contribution in [2.45, 2.75) is 37.8 Å². The standard InChI is InChI=1S/C21H21N3O2S2/c25-20(16-8-4-12-24(16)21(26)18-10-5-13-27-18)23-11-3-7-15(23)19-22-14-6-1-2-9-17(14)28-19/h1-2,5-6,9-10,13,15-16H,3-4,7-8,11-12H2/t15?,16-/m0/s1. The highest BCUT2D eigenvalue weighted by molar-refractivity contribution is 7.18.